The van der Waals surface area contributed by atoms with Gasteiger partial charge in [-0.1, -0.05) is 78.9 Å². The number of carboxylic acids is 1. The van der Waals surface area contributed by atoms with E-state index in [0.717, 1.165) is 69.5 Å². The molecule has 1 fully saturated rings. The monoisotopic (exact) mass is 496 g/mol. The Morgan fingerprint density at radius 2 is 1.30 bits per heavy atom. The molecule has 0 bridgehead atoms. The van der Waals surface area contributed by atoms with Gasteiger partial charge in [-0.3, -0.25) is 14.5 Å². The predicted octanol–water partition coefficient (Wildman–Crippen LogP) is 5.35. The van der Waals surface area contributed by atoms with Gasteiger partial charge in [-0.05, 0) is 60.1 Å². The first-order valence-corrected chi connectivity index (χ1v) is 13.2. The summed E-state index contributed by atoms with van der Waals surface area (Å²) in [5.41, 5.74) is 5.31. The average Bonchev–Trinajstić information content (AvgIpc) is 2.93. The van der Waals surface area contributed by atoms with E-state index in [9.17, 15) is 9.59 Å². The maximum absolute atomic E-state index is 13.0. The van der Waals surface area contributed by atoms with Crippen LogP contribution < -0.4 is 0 Å². The molecule has 0 aromatic heterocycles. The molecule has 1 aliphatic rings. The Morgan fingerprint density at radius 3 is 1.89 bits per heavy atom. The molecule has 3 aromatic rings. The van der Waals surface area contributed by atoms with E-state index in [2.05, 4.69) is 41.3 Å². The number of amides is 1. The van der Waals surface area contributed by atoms with Crippen molar-refractivity contribution in [3.8, 4) is 0 Å². The SMILES string of the molecule is O=C(O)Cc1ccc(CCCCc2ccc(C(=O)N3CCN(C/C=C/c4ccccc4)CC3)cc2)cc1. The Bertz CT molecular complexity index is 1160. The van der Waals surface area contributed by atoms with Gasteiger partial charge in [0.25, 0.3) is 5.91 Å². The molecule has 3 aromatic carbocycles. The lowest BCUT2D eigenvalue weighted by Crippen LogP contribution is -2.48. The van der Waals surface area contributed by atoms with Crippen molar-refractivity contribution >= 4 is 18.0 Å². The van der Waals surface area contributed by atoms with Gasteiger partial charge in [0.2, 0.25) is 0 Å². The van der Waals surface area contributed by atoms with Crippen LogP contribution in [0.25, 0.3) is 6.08 Å². The number of hydrogen-bond acceptors (Lipinski definition) is 3. The number of nitrogens with zero attached hydrogens (tertiary/aromatic N) is 2. The number of unbranched alkanes of at least 4 members (excludes halogenated alkanes) is 1. The molecule has 5 nitrogen and oxygen atoms in total. The first-order chi connectivity index (χ1) is 18.1. The molecule has 1 aliphatic heterocycles. The minimum Gasteiger partial charge on any atom is -0.481 e. The van der Waals surface area contributed by atoms with Gasteiger partial charge in [0, 0.05) is 38.3 Å². The van der Waals surface area contributed by atoms with Crippen molar-refractivity contribution in [1.29, 1.82) is 0 Å². The third-order valence-corrected chi connectivity index (χ3v) is 6.89. The van der Waals surface area contributed by atoms with Gasteiger partial charge < -0.3 is 10.0 Å². The first kappa shape index (κ1) is 26.4. The zero-order chi connectivity index (χ0) is 25.9. The van der Waals surface area contributed by atoms with Gasteiger partial charge in [0.05, 0.1) is 6.42 Å². The zero-order valence-corrected chi connectivity index (χ0v) is 21.4. The molecule has 1 N–H and O–H groups in total. The molecule has 0 spiro atoms. The standard InChI is InChI=1S/C32H36N2O3/c35-31(36)25-29-14-12-27(13-15-29)9-4-5-10-28-16-18-30(19-17-28)32(37)34-23-21-33(22-24-34)20-6-11-26-7-2-1-3-8-26/h1-3,6-8,11-19H,4-5,9-10,20-25H2,(H,35,36)/b11-6+. The lowest BCUT2D eigenvalue weighted by molar-refractivity contribution is -0.136. The third-order valence-electron chi connectivity index (χ3n) is 6.89. The number of benzene rings is 3. The Morgan fingerprint density at radius 1 is 0.730 bits per heavy atom. The summed E-state index contributed by atoms with van der Waals surface area (Å²) in [6.07, 6.45) is 8.54. The van der Waals surface area contributed by atoms with E-state index in [1.807, 2.05) is 59.5 Å². The van der Waals surface area contributed by atoms with Gasteiger partial charge in [-0.15, -0.1) is 0 Å². The Hall–Kier alpha value is -3.70. The molecule has 4 rings (SSSR count). The highest BCUT2D eigenvalue weighted by molar-refractivity contribution is 5.94. The minimum atomic E-state index is -0.800. The number of carbonyl (C=O) groups is 2. The third kappa shape index (κ3) is 8.43. The summed E-state index contributed by atoms with van der Waals surface area (Å²) in [6, 6.07) is 26.3. The second-order valence-corrected chi connectivity index (χ2v) is 9.70. The second kappa shape index (κ2) is 13.6. The van der Waals surface area contributed by atoms with Crippen LogP contribution in [0, 0.1) is 0 Å². The molecule has 1 heterocycles. The molecular weight excluding hydrogens is 460 g/mol. The van der Waals surface area contributed by atoms with Gasteiger partial charge in [-0.25, -0.2) is 0 Å². The van der Waals surface area contributed by atoms with Crippen LogP contribution in [0.1, 0.15) is 45.5 Å². The summed E-state index contributed by atoms with van der Waals surface area (Å²) in [5.74, 6) is -0.678. The Balaban J connectivity index is 1.15. The number of rotatable bonds is 11. The molecule has 0 radical (unpaired) electrons. The molecule has 0 unspecified atom stereocenters. The van der Waals surface area contributed by atoms with Gasteiger partial charge in [0.1, 0.15) is 0 Å². The lowest BCUT2D eigenvalue weighted by Gasteiger charge is -2.34. The highest BCUT2D eigenvalue weighted by atomic mass is 16.4. The van der Waals surface area contributed by atoms with Crippen molar-refractivity contribution in [3.05, 3.63) is 113 Å². The summed E-state index contributed by atoms with van der Waals surface area (Å²) >= 11 is 0. The van der Waals surface area contributed by atoms with Crippen molar-refractivity contribution < 1.29 is 14.7 Å². The van der Waals surface area contributed by atoms with E-state index in [1.165, 1.54) is 16.7 Å². The highest BCUT2D eigenvalue weighted by Crippen LogP contribution is 2.14. The van der Waals surface area contributed by atoms with Crippen LogP contribution in [0.4, 0.5) is 0 Å². The molecule has 5 heteroatoms. The summed E-state index contributed by atoms with van der Waals surface area (Å²) < 4.78 is 0. The fourth-order valence-corrected chi connectivity index (χ4v) is 4.69. The normalized spacial score (nSPS) is 14.2. The molecule has 37 heavy (non-hydrogen) atoms. The molecular formula is C32H36N2O3. The number of carboxylic acid groups (broad SMARTS) is 1. The van der Waals surface area contributed by atoms with Crippen LogP contribution in [-0.2, 0) is 24.1 Å². The fraction of sp³-hybridized carbons (Fsp3) is 0.312. The van der Waals surface area contributed by atoms with E-state index in [0.29, 0.717) is 0 Å². The van der Waals surface area contributed by atoms with Crippen molar-refractivity contribution in [1.82, 2.24) is 9.80 Å². The summed E-state index contributed by atoms with van der Waals surface area (Å²) in [5, 5.41) is 8.87. The number of hydrogen-bond donors (Lipinski definition) is 1. The first-order valence-electron chi connectivity index (χ1n) is 13.2. The molecule has 0 saturated carbocycles. The van der Waals surface area contributed by atoms with Gasteiger partial charge in [0.15, 0.2) is 0 Å². The van der Waals surface area contributed by atoms with Crippen molar-refractivity contribution in [2.45, 2.75) is 32.1 Å². The van der Waals surface area contributed by atoms with E-state index >= 15 is 0 Å². The lowest BCUT2D eigenvalue weighted by atomic mass is 10.0. The summed E-state index contributed by atoms with van der Waals surface area (Å²) in [4.78, 5) is 28.1. The van der Waals surface area contributed by atoms with Crippen LogP contribution in [0.2, 0.25) is 0 Å². The Kier molecular flexibility index (Phi) is 9.67. The molecule has 1 amide bonds. The van der Waals surface area contributed by atoms with Crippen molar-refractivity contribution in [2.24, 2.45) is 0 Å². The maximum atomic E-state index is 13.0. The van der Waals surface area contributed by atoms with E-state index in [-0.39, 0.29) is 12.3 Å². The van der Waals surface area contributed by atoms with Crippen LogP contribution in [0.15, 0.2) is 84.9 Å². The maximum Gasteiger partial charge on any atom is 0.307 e. The largest absolute Gasteiger partial charge is 0.481 e. The van der Waals surface area contributed by atoms with Gasteiger partial charge >= 0.3 is 5.97 Å². The average molecular weight is 497 g/mol. The zero-order valence-electron chi connectivity index (χ0n) is 21.4. The van der Waals surface area contributed by atoms with E-state index in [1.54, 1.807) is 0 Å². The van der Waals surface area contributed by atoms with E-state index in [4.69, 9.17) is 5.11 Å². The minimum absolute atomic E-state index is 0.0712. The highest BCUT2D eigenvalue weighted by Gasteiger charge is 2.21. The van der Waals surface area contributed by atoms with Gasteiger partial charge in [-0.2, -0.15) is 0 Å². The molecule has 1 saturated heterocycles. The number of carbonyl (C=O) groups excluding carboxylic acids is 1. The van der Waals surface area contributed by atoms with Crippen LogP contribution in [0.3, 0.4) is 0 Å². The molecule has 192 valence electrons. The number of aryl methyl sites for hydroxylation is 2. The second-order valence-electron chi connectivity index (χ2n) is 9.70. The van der Waals surface area contributed by atoms with Crippen molar-refractivity contribution in [3.63, 3.8) is 0 Å². The quantitative estimate of drug-likeness (QED) is 0.364. The smallest absolute Gasteiger partial charge is 0.307 e. The number of aliphatic carboxylic acids is 1. The fourth-order valence-electron chi connectivity index (χ4n) is 4.69. The Labute approximate surface area is 220 Å². The van der Waals surface area contributed by atoms with Crippen LogP contribution in [-0.4, -0.2) is 59.5 Å². The topological polar surface area (TPSA) is 60.9 Å². The van der Waals surface area contributed by atoms with Crippen molar-refractivity contribution in [2.75, 3.05) is 32.7 Å². The number of piperazine rings is 1. The molecule has 0 atom stereocenters. The van der Waals surface area contributed by atoms with E-state index < -0.39 is 5.97 Å². The summed E-state index contributed by atoms with van der Waals surface area (Å²) in [7, 11) is 0. The van der Waals surface area contributed by atoms with Crippen LogP contribution >= 0.6 is 0 Å². The summed E-state index contributed by atoms with van der Waals surface area (Å²) in [6.45, 7) is 4.21. The predicted molar refractivity (Wildman–Crippen MR) is 149 cm³/mol. The van der Waals surface area contributed by atoms with Crippen LogP contribution in [0.5, 0.6) is 0 Å². The molecule has 0 aliphatic carbocycles.